The first kappa shape index (κ1) is 17.4. The lowest BCUT2D eigenvalue weighted by atomic mass is 9.99. The Morgan fingerprint density at radius 1 is 1.05 bits per heavy atom. The van der Waals surface area contributed by atoms with Gasteiger partial charge in [-0.1, -0.05) is 13.8 Å². The highest BCUT2D eigenvalue weighted by Gasteiger charge is 2.21. The van der Waals surface area contributed by atoms with Crippen LogP contribution in [-0.4, -0.2) is 33.5 Å². The van der Waals surface area contributed by atoms with Crippen molar-refractivity contribution in [2.45, 2.75) is 46.0 Å². The number of carbonyl (C=O) groups excluding carboxylic acids is 2. The van der Waals surface area contributed by atoms with E-state index < -0.39 is 18.1 Å². The van der Waals surface area contributed by atoms with E-state index >= 15 is 0 Å². The number of aliphatic hydroxyl groups is 3. The molecule has 108 valence electrons. The average molecular weight is 270 g/mol. The zero-order valence-electron chi connectivity index (χ0n) is 11.5. The minimum absolute atomic E-state index is 0.229. The molecule has 0 radical (unpaired) electrons. The van der Waals surface area contributed by atoms with Gasteiger partial charge in [0.2, 0.25) is 0 Å². The predicted molar refractivity (Wildman–Crippen MR) is 71.9 cm³/mol. The molecule has 3 N–H and O–H groups in total. The van der Waals surface area contributed by atoms with E-state index in [4.69, 9.17) is 5.11 Å². The maximum atomic E-state index is 11.9. The first-order valence-corrected chi connectivity index (χ1v) is 6.45. The molecule has 5 nitrogen and oxygen atoms in total. The van der Waals surface area contributed by atoms with Gasteiger partial charge >= 0.3 is 0 Å². The Bertz CT molecular complexity index is 379. The second-order valence-corrected chi connectivity index (χ2v) is 4.23. The number of rotatable bonds is 9. The van der Waals surface area contributed by atoms with Crippen LogP contribution in [0, 0.1) is 0 Å². The highest BCUT2D eigenvalue weighted by molar-refractivity contribution is 6.09. The smallest absolute Gasteiger partial charge is 0.177 e. The van der Waals surface area contributed by atoms with Gasteiger partial charge in [0.1, 0.15) is 17.3 Å². The molecule has 0 atom stereocenters. The Hall–Kier alpha value is -1.62. The maximum Gasteiger partial charge on any atom is 0.177 e. The van der Waals surface area contributed by atoms with Crippen LogP contribution >= 0.6 is 0 Å². The first-order chi connectivity index (χ1) is 8.97. The first-order valence-electron chi connectivity index (χ1n) is 6.45. The van der Waals surface area contributed by atoms with E-state index in [9.17, 15) is 19.8 Å². The lowest BCUT2D eigenvalue weighted by molar-refractivity contribution is -0.125. The SMILES string of the molecule is CCCC(=O)CC(=O)C(=C(\O)CCC)/C(O)=C\CO. The zero-order chi connectivity index (χ0) is 14.8. The van der Waals surface area contributed by atoms with Gasteiger partial charge in [-0.15, -0.1) is 0 Å². The van der Waals surface area contributed by atoms with E-state index in [1.165, 1.54) is 0 Å². The van der Waals surface area contributed by atoms with E-state index in [1.54, 1.807) is 0 Å². The molecule has 0 amide bonds. The molecule has 0 aliphatic heterocycles. The molecule has 0 bridgehead atoms. The van der Waals surface area contributed by atoms with Crippen molar-refractivity contribution in [3.8, 4) is 0 Å². The molecule has 0 spiro atoms. The Labute approximate surface area is 113 Å². The standard InChI is InChI=1S/C14H22O5/c1-3-5-10(16)9-13(19)14(11(17)6-4-2)12(18)7-8-15/h7,15,17-18H,3-6,8-9H2,1-2H3/b12-7+,14-11-. The molecule has 0 heterocycles. The molecule has 0 aromatic rings. The molecule has 0 aromatic heterocycles. The summed E-state index contributed by atoms with van der Waals surface area (Å²) in [5, 5.41) is 28.2. The Morgan fingerprint density at radius 3 is 2.11 bits per heavy atom. The van der Waals surface area contributed by atoms with Crippen molar-refractivity contribution in [1.82, 2.24) is 0 Å². The van der Waals surface area contributed by atoms with Crippen LogP contribution in [0.15, 0.2) is 23.2 Å². The lowest BCUT2D eigenvalue weighted by Gasteiger charge is -2.09. The summed E-state index contributed by atoms with van der Waals surface area (Å²) in [5.41, 5.74) is -0.264. The van der Waals surface area contributed by atoms with Crippen LogP contribution in [0.25, 0.3) is 0 Å². The summed E-state index contributed by atoms with van der Waals surface area (Å²) in [7, 11) is 0. The number of aliphatic hydroxyl groups excluding tert-OH is 3. The quantitative estimate of drug-likeness (QED) is 0.259. The number of allylic oxidation sites excluding steroid dienone is 2. The van der Waals surface area contributed by atoms with Crippen molar-refractivity contribution >= 4 is 11.6 Å². The van der Waals surface area contributed by atoms with Crippen LogP contribution in [0.5, 0.6) is 0 Å². The molecular formula is C14H22O5. The van der Waals surface area contributed by atoms with E-state index in [2.05, 4.69) is 0 Å². The molecule has 0 saturated carbocycles. The molecular weight excluding hydrogens is 248 g/mol. The molecule has 0 aliphatic carbocycles. The number of carbonyl (C=O) groups is 2. The van der Waals surface area contributed by atoms with Crippen molar-refractivity contribution in [2.75, 3.05) is 6.61 Å². The third kappa shape index (κ3) is 6.20. The molecule has 0 saturated heterocycles. The van der Waals surface area contributed by atoms with Gasteiger partial charge in [-0.3, -0.25) is 9.59 Å². The molecule has 0 aromatic carbocycles. The monoisotopic (exact) mass is 270 g/mol. The fraction of sp³-hybridized carbons (Fsp3) is 0.571. The number of hydrogen-bond acceptors (Lipinski definition) is 5. The van der Waals surface area contributed by atoms with Gasteiger partial charge in [0.15, 0.2) is 5.78 Å². The highest BCUT2D eigenvalue weighted by atomic mass is 16.3. The van der Waals surface area contributed by atoms with Crippen molar-refractivity contribution < 1.29 is 24.9 Å². The van der Waals surface area contributed by atoms with Crippen LogP contribution in [0.1, 0.15) is 46.0 Å². The van der Waals surface area contributed by atoms with Gasteiger partial charge in [0.25, 0.3) is 0 Å². The van der Waals surface area contributed by atoms with Crippen molar-refractivity contribution in [3.05, 3.63) is 23.2 Å². The van der Waals surface area contributed by atoms with Gasteiger partial charge in [-0.25, -0.2) is 0 Å². The molecule has 5 heteroatoms. The number of hydrogen-bond donors (Lipinski definition) is 3. The molecule has 0 rings (SSSR count). The zero-order valence-corrected chi connectivity index (χ0v) is 11.5. The third-order valence-electron chi connectivity index (χ3n) is 2.48. The van der Waals surface area contributed by atoms with Crippen LogP contribution in [0.4, 0.5) is 0 Å². The van der Waals surface area contributed by atoms with Gasteiger partial charge in [0, 0.05) is 12.8 Å². The molecule has 0 fully saturated rings. The van der Waals surface area contributed by atoms with Crippen LogP contribution in [-0.2, 0) is 9.59 Å². The van der Waals surface area contributed by atoms with Gasteiger partial charge in [0.05, 0.1) is 18.6 Å². The minimum Gasteiger partial charge on any atom is -0.511 e. The Balaban J connectivity index is 5.15. The Kier molecular flexibility index (Phi) is 8.53. The second-order valence-electron chi connectivity index (χ2n) is 4.23. The van der Waals surface area contributed by atoms with E-state index in [-0.39, 0.29) is 36.4 Å². The van der Waals surface area contributed by atoms with Gasteiger partial charge in [-0.05, 0) is 18.9 Å². The average Bonchev–Trinajstić information content (AvgIpc) is 2.29. The van der Waals surface area contributed by atoms with E-state index in [0.717, 1.165) is 6.08 Å². The Morgan fingerprint density at radius 2 is 1.63 bits per heavy atom. The fourth-order valence-electron chi connectivity index (χ4n) is 1.64. The maximum absolute atomic E-state index is 11.9. The predicted octanol–water partition coefficient (Wildman–Crippen LogP) is 2.36. The molecule has 0 unspecified atom stereocenters. The number of Topliss-reactive ketones (excluding diaryl/α,β-unsaturated/α-hetero) is 2. The van der Waals surface area contributed by atoms with Crippen LogP contribution < -0.4 is 0 Å². The number of ketones is 2. The second kappa shape index (κ2) is 9.33. The van der Waals surface area contributed by atoms with E-state index in [0.29, 0.717) is 12.8 Å². The fourth-order valence-corrected chi connectivity index (χ4v) is 1.64. The summed E-state index contributed by atoms with van der Waals surface area (Å²) in [4.78, 5) is 23.4. The molecule has 19 heavy (non-hydrogen) atoms. The summed E-state index contributed by atoms with van der Waals surface area (Å²) in [6, 6.07) is 0. The topological polar surface area (TPSA) is 94.8 Å². The summed E-state index contributed by atoms with van der Waals surface area (Å²) >= 11 is 0. The van der Waals surface area contributed by atoms with Gasteiger partial charge < -0.3 is 15.3 Å². The minimum atomic E-state index is -0.619. The summed E-state index contributed by atoms with van der Waals surface area (Å²) in [6.45, 7) is 3.19. The normalized spacial score (nSPS) is 13.1. The van der Waals surface area contributed by atoms with Crippen LogP contribution in [0.3, 0.4) is 0 Å². The lowest BCUT2D eigenvalue weighted by Crippen LogP contribution is -2.14. The third-order valence-corrected chi connectivity index (χ3v) is 2.48. The summed E-state index contributed by atoms with van der Waals surface area (Å²) in [6.07, 6.45) is 2.43. The summed E-state index contributed by atoms with van der Waals surface area (Å²) in [5.74, 6) is -1.58. The van der Waals surface area contributed by atoms with Gasteiger partial charge in [-0.2, -0.15) is 0 Å². The molecule has 0 aliphatic rings. The van der Waals surface area contributed by atoms with Crippen molar-refractivity contribution in [2.24, 2.45) is 0 Å². The largest absolute Gasteiger partial charge is 0.511 e. The van der Waals surface area contributed by atoms with Crippen LogP contribution in [0.2, 0.25) is 0 Å². The van der Waals surface area contributed by atoms with Crippen molar-refractivity contribution in [3.63, 3.8) is 0 Å². The summed E-state index contributed by atoms with van der Waals surface area (Å²) < 4.78 is 0. The van der Waals surface area contributed by atoms with E-state index in [1.807, 2.05) is 13.8 Å². The highest BCUT2D eigenvalue weighted by Crippen LogP contribution is 2.18. The van der Waals surface area contributed by atoms with Crippen molar-refractivity contribution in [1.29, 1.82) is 0 Å².